The molecule has 1 N–H and O–H groups in total. The lowest BCUT2D eigenvalue weighted by Gasteiger charge is -2.42. The molecule has 206 valence electrons. The molecule has 3 aliphatic carbocycles. The van der Waals surface area contributed by atoms with Crippen molar-refractivity contribution < 1.29 is 29.1 Å². The van der Waals surface area contributed by atoms with E-state index in [4.69, 9.17) is 0 Å². The van der Waals surface area contributed by atoms with Gasteiger partial charge in [0, 0.05) is 33.8 Å². The Hall–Kier alpha value is -4.65. The van der Waals surface area contributed by atoms with Crippen LogP contribution in [0.2, 0.25) is 0 Å². The fourth-order valence-electron chi connectivity index (χ4n) is 6.98. The summed E-state index contributed by atoms with van der Waals surface area (Å²) in [4.78, 5) is 67.5. The molecule has 0 bridgehead atoms. The molecular weight excluding hydrogens is 518 g/mol. The van der Waals surface area contributed by atoms with Crippen LogP contribution in [-0.2, 0) is 25.6 Å². The normalized spacial score (nSPS) is 25.4. The maximum Gasteiger partial charge on any atom is 0.238 e. The molecule has 1 saturated heterocycles. The van der Waals surface area contributed by atoms with E-state index < -0.39 is 23.7 Å². The smallest absolute Gasteiger partial charge is 0.238 e. The van der Waals surface area contributed by atoms with E-state index in [1.807, 2.05) is 6.08 Å². The van der Waals surface area contributed by atoms with E-state index in [0.717, 1.165) is 5.57 Å². The van der Waals surface area contributed by atoms with Gasteiger partial charge in [-0.25, -0.2) is 0 Å². The van der Waals surface area contributed by atoms with Crippen LogP contribution in [0.5, 0.6) is 5.75 Å². The van der Waals surface area contributed by atoms with Gasteiger partial charge in [-0.3, -0.25) is 28.9 Å². The molecule has 6 rings (SSSR count). The standard InChI is InChI=1S/C34H29NO6/c1-4-6-20-7-5-8-23(32(20)39)28-22-13-14-24-29(25(22)16-26-27(37)15-17(2)31(38)30(26)28)34(41)35(33(24)40)21-11-9-19(10-12-21)18(3)36/h4-5,7-13,15,24-25,28-29,39H,1,6,14,16H2,2-3H3. The molecule has 0 spiro atoms. The van der Waals surface area contributed by atoms with E-state index in [1.165, 1.54) is 17.9 Å². The zero-order valence-electron chi connectivity index (χ0n) is 22.8. The Morgan fingerprint density at radius 2 is 1.78 bits per heavy atom. The van der Waals surface area contributed by atoms with Crippen molar-refractivity contribution in [2.75, 3.05) is 4.90 Å². The molecular formula is C34H29NO6. The van der Waals surface area contributed by atoms with Gasteiger partial charge in [-0.05, 0) is 74.9 Å². The Balaban J connectivity index is 1.47. The summed E-state index contributed by atoms with van der Waals surface area (Å²) >= 11 is 0. The Morgan fingerprint density at radius 3 is 2.46 bits per heavy atom. The van der Waals surface area contributed by atoms with Gasteiger partial charge in [0.25, 0.3) is 0 Å². The number of Topliss-reactive ketones (excluding diaryl/α,β-unsaturated/α-hetero) is 2. The van der Waals surface area contributed by atoms with Crippen LogP contribution < -0.4 is 4.90 Å². The van der Waals surface area contributed by atoms with E-state index in [0.29, 0.717) is 51.9 Å². The van der Waals surface area contributed by atoms with Crippen LogP contribution in [0.3, 0.4) is 0 Å². The van der Waals surface area contributed by atoms with Gasteiger partial charge in [0.15, 0.2) is 17.3 Å². The maximum atomic E-state index is 14.0. The number of carbonyl (C=O) groups excluding carboxylic acids is 5. The highest BCUT2D eigenvalue weighted by molar-refractivity contribution is 6.25. The number of phenols is 1. The molecule has 1 fully saturated rings. The predicted octanol–water partition coefficient (Wildman–Crippen LogP) is 4.96. The fraction of sp³-hybridized carbons (Fsp3) is 0.265. The molecule has 1 aliphatic heterocycles. The highest BCUT2D eigenvalue weighted by Crippen LogP contribution is 2.56. The molecule has 0 radical (unpaired) electrons. The lowest BCUT2D eigenvalue weighted by atomic mass is 9.59. The molecule has 1 heterocycles. The number of benzene rings is 2. The number of anilines is 1. The summed E-state index contributed by atoms with van der Waals surface area (Å²) in [5.41, 5.74) is 3.81. The first-order valence-electron chi connectivity index (χ1n) is 13.7. The quantitative estimate of drug-likeness (QED) is 0.245. The second kappa shape index (κ2) is 9.77. The first-order chi connectivity index (χ1) is 19.6. The zero-order chi connectivity index (χ0) is 29.2. The van der Waals surface area contributed by atoms with E-state index in [-0.39, 0.29) is 41.3 Å². The number of allylic oxidation sites excluding steroid dienone is 7. The van der Waals surface area contributed by atoms with E-state index in [1.54, 1.807) is 55.5 Å². The van der Waals surface area contributed by atoms with E-state index in [9.17, 15) is 29.1 Å². The Kier molecular flexibility index (Phi) is 6.33. The minimum atomic E-state index is -0.722. The van der Waals surface area contributed by atoms with Crippen molar-refractivity contribution in [1.82, 2.24) is 0 Å². The molecule has 4 atom stereocenters. The number of hydrogen-bond acceptors (Lipinski definition) is 6. The van der Waals surface area contributed by atoms with Crippen molar-refractivity contribution in [3.63, 3.8) is 0 Å². The topological polar surface area (TPSA) is 109 Å². The summed E-state index contributed by atoms with van der Waals surface area (Å²) in [6.07, 6.45) is 5.83. The molecule has 0 saturated carbocycles. The number of para-hydroxylation sites is 1. The highest BCUT2D eigenvalue weighted by atomic mass is 16.3. The Labute approximate surface area is 237 Å². The van der Waals surface area contributed by atoms with Crippen molar-refractivity contribution in [2.45, 2.75) is 39.0 Å². The number of phenolic OH excluding ortho intramolecular Hbond substituents is 1. The van der Waals surface area contributed by atoms with Crippen LogP contribution in [0.25, 0.3) is 0 Å². The number of imide groups is 1. The average molecular weight is 548 g/mol. The van der Waals surface area contributed by atoms with Crippen molar-refractivity contribution in [3.8, 4) is 5.75 Å². The van der Waals surface area contributed by atoms with Gasteiger partial charge in [-0.2, -0.15) is 0 Å². The third-order valence-corrected chi connectivity index (χ3v) is 8.92. The van der Waals surface area contributed by atoms with Gasteiger partial charge in [0.05, 0.1) is 17.5 Å². The van der Waals surface area contributed by atoms with E-state index in [2.05, 4.69) is 6.58 Å². The van der Waals surface area contributed by atoms with Crippen molar-refractivity contribution in [1.29, 1.82) is 0 Å². The third kappa shape index (κ3) is 3.98. The van der Waals surface area contributed by atoms with Crippen LogP contribution in [0.4, 0.5) is 5.69 Å². The molecule has 7 heteroatoms. The molecule has 2 aromatic carbocycles. The second-order valence-electron chi connectivity index (χ2n) is 11.2. The Bertz CT molecular complexity index is 1670. The number of amides is 2. The van der Waals surface area contributed by atoms with Crippen molar-refractivity contribution in [2.24, 2.45) is 17.8 Å². The predicted molar refractivity (Wildman–Crippen MR) is 152 cm³/mol. The number of nitrogens with zero attached hydrogens (tertiary/aromatic N) is 1. The summed E-state index contributed by atoms with van der Waals surface area (Å²) in [5.74, 6) is -3.85. The molecule has 2 amide bonds. The first-order valence-corrected chi connectivity index (χ1v) is 13.7. The van der Waals surface area contributed by atoms with Gasteiger partial charge in [0.1, 0.15) is 5.75 Å². The second-order valence-corrected chi connectivity index (χ2v) is 11.2. The monoisotopic (exact) mass is 547 g/mol. The van der Waals surface area contributed by atoms with Crippen LogP contribution in [0.15, 0.2) is 89.6 Å². The fourth-order valence-corrected chi connectivity index (χ4v) is 6.98. The molecule has 0 aromatic heterocycles. The first kappa shape index (κ1) is 26.6. The summed E-state index contributed by atoms with van der Waals surface area (Å²) in [5, 5.41) is 11.3. The summed E-state index contributed by atoms with van der Waals surface area (Å²) in [6.45, 7) is 6.83. The number of carbonyl (C=O) groups is 5. The van der Waals surface area contributed by atoms with E-state index >= 15 is 0 Å². The summed E-state index contributed by atoms with van der Waals surface area (Å²) < 4.78 is 0. The van der Waals surface area contributed by atoms with Crippen LogP contribution >= 0.6 is 0 Å². The van der Waals surface area contributed by atoms with Crippen molar-refractivity contribution in [3.05, 3.63) is 106 Å². The summed E-state index contributed by atoms with van der Waals surface area (Å²) in [7, 11) is 0. The van der Waals surface area contributed by atoms with Gasteiger partial charge < -0.3 is 5.11 Å². The number of rotatable bonds is 5. The van der Waals surface area contributed by atoms with Crippen LogP contribution in [-0.4, -0.2) is 34.3 Å². The third-order valence-electron chi connectivity index (χ3n) is 8.92. The van der Waals surface area contributed by atoms with Gasteiger partial charge >= 0.3 is 0 Å². The highest BCUT2D eigenvalue weighted by Gasteiger charge is 2.56. The van der Waals surface area contributed by atoms with Gasteiger partial charge in [-0.15, -0.1) is 6.58 Å². The lowest BCUT2D eigenvalue weighted by Crippen LogP contribution is -2.39. The average Bonchev–Trinajstić information content (AvgIpc) is 3.21. The number of hydrogen-bond donors (Lipinski definition) is 1. The molecule has 7 nitrogen and oxygen atoms in total. The Morgan fingerprint density at radius 1 is 1.05 bits per heavy atom. The minimum absolute atomic E-state index is 0.0291. The SMILES string of the molecule is C=CCc1cccc(C2C3=CCC4C(=O)N(c5ccc(C(C)=O)cc5)C(=O)C4C3CC3=C2C(=O)C(C)=CC3=O)c1O. The molecule has 4 unspecified atom stereocenters. The van der Waals surface area contributed by atoms with Crippen LogP contribution in [0.1, 0.15) is 54.1 Å². The lowest BCUT2D eigenvalue weighted by molar-refractivity contribution is -0.123. The zero-order valence-corrected chi connectivity index (χ0v) is 22.8. The molecule has 2 aromatic rings. The number of aromatic hydroxyl groups is 1. The van der Waals surface area contributed by atoms with Gasteiger partial charge in [-0.1, -0.05) is 35.9 Å². The minimum Gasteiger partial charge on any atom is -0.507 e. The molecule has 4 aliphatic rings. The molecule has 41 heavy (non-hydrogen) atoms. The van der Waals surface area contributed by atoms with Crippen molar-refractivity contribution >= 4 is 34.9 Å². The van der Waals surface area contributed by atoms with Gasteiger partial charge in [0.2, 0.25) is 11.8 Å². The largest absolute Gasteiger partial charge is 0.507 e. The number of ketones is 3. The summed E-state index contributed by atoms with van der Waals surface area (Å²) in [6, 6.07) is 11.7. The maximum absolute atomic E-state index is 14.0. The number of fused-ring (bicyclic) bond motifs is 3. The van der Waals surface area contributed by atoms with Crippen LogP contribution in [0, 0.1) is 17.8 Å².